The van der Waals surface area contributed by atoms with E-state index in [1.165, 1.54) is 10.9 Å². The first-order valence-electron chi connectivity index (χ1n) is 7.32. The summed E-state index contributed by atoms with van der Waals surface area (Å²) in [4.78, 5) is 4.57. The first-order valence-corrected chi connectivity index (χ1v) is 7.32. The SMILES string of the molecule is CC(C)CNCc1cc(OC(C)C)nc2ccccc12. The molecule has 0 aliphatic carbocycles. The Hall–Kier alpha value is -1.61. The van der Waals surface area contributed by atoms with E-state index in [4.69, 9.17) is 4.74 Å². The molecule has 0 aliphatic rings. The molecule has 1 aromatic carbocycles. The van der Waals surface area contributed by atoms with Crippen LogP contribution in [0.5, 0.6) is 5.88 Å². The van der Waals surface area contributed by atoms with E-state index in [0.29, 0.717) is 11.8 Å². The van der Waals surface area contributed by atoms with Crippen molar-refractivity contribution in [1.29, 1.82) is 0 Å². The predicted molar refractivity (Wildman–Crippen MR) is 84.1 cm³/mol. The second kappa shape index (κ2) is 6.71. The minimum Gasteiger partial charge on any atom is -0.475 e. The number of hydrogen-bond donors (Lipinski definition) is 1. The normalized spacial score (nSPS) is 11.5. The fourth-order valence-corrected chi connectivity index (χ4v) is 2.16. The predicted octanol–water partition coefficient (Wildman–Crippen LogP) is 3.77. The third kappa shape index (κ3) is 3.94. The van der Waals surface area contributed by atoms with Crippen LogP contribution in [0.3, 0.4) is 0 Å². The highest BCUT2D eigenvalue weighted by molar-refractivity contribution is 5.82. The summed E-state index contributed by atoms with van der Waals surface area (Å²) in [5.74, 6) is 1.36. The summed E-state index contributed by atoms with van der Waals surface area (Å²) in [6.45, 7) is 10.3. The molecule has 0 unspecified atom stereocenters. The molecule has 0 spiro atoms. The highest BCUT2D eigenvalue weighted by Gasteiger charge is 2.07. The Kier molecular flexibility index (Phi) is 4.96. The van der Waals surface area contributed by atoms with Crippen molar-refractivity contribution >= 4 is 10.9 Å². The van der Waals surface area contributed by atoms with Crippen molar-refractivity contribution in [3.8, 4) is 5.88 Å². The van der Waals surface area contributed by atoms with Crippen molar-refractivity contribution in [2.24, 2.45) is 5.92 Å². The second-order valence-corrected chi connectivity index (χ2v) is 5.83. The van der Waals surface area contributed by atoms with Crippen LogP contribution in [0.2, 0.25) is 0 Å². The van der Waals surface area contributed by atoms with Crippen LogP contribution in [-0.2, 0) is 6.54 Å². The Bertz CT molecular complexity index is 564. The highest BCUT2D eigenvalue weighted by atomic mass is 16.5. The van der Waals surface area contributed by atoms with Crippen LogP contribution < -0.4 is 10.1 Å². The van der Waals surface area contributed by atoms with E-state index in [2.05, 4.69) is 42.3 Å². The van der Waals surface area contributed by atoms with Gasteiger partial charge in [-0.15, -0.1) is 0 Å². The molecule has 0 saturated heterocycles. The summed E-state index contributed by atoms with van der Waals surface area (Å²) < 4.78 is 5.75. The molecule has 0 aliphatic heterocycles. The van der Waals surface area contributed by atoms with E-state index in [-0.39, 0.29) is 6.10 Å². The van der Waals surface area contributed by atoms with Gasteiger partial charge >= 0.3 is 0 Å². The Morgan fingerprint density at radius 3 is 2.60 bits per heavy atom. The average Bonchev–Trinajstić information content (AvgIpc) is 2.37. The molecule has 0 bridgehead atoms. The fourth-order valence-electron chi connectivity index (χ4n) is 2.16. The quantitative estimate of drug-likeness (QED) is 0.869. The molecular formula is C17H24N2O. The Morgan fingerprint density at radius 1 is 1.15 bits per heavy atom. The lowest BCUT2D eigenvalue weighted by molar-refractivity contribution is 0.233. The number of benzene rings is 1. The lowest BCUT2D eigenvalue weighted by Crippen LogP contribution is -2.19. The average molecular weight is 272 g/mol. The topological polar surface area (TPSA) is 34.1 Å². The lowest BCUT2D eigenvalue weighted by atomic mass is 10.1. The van der Waals surface area contributed by atoms with Crippen LogP contribution in [0.1, 0.15) is 33.3 Å². The molecular weight excluding hydrogens is 248 g/mol. The molecule has 1 N–H and O–H groups in total. The van der Waals surface area contributed by atoms with Crippen molar-refractivity contribution < 1.29 is 4.74 Å². The number of rotatable bonds is 6. The fraction of sp³-hybridized carbons (Fsp3) is 0.471. The number of nitrogens with zero attached hydrogens (tertiary/aromatic N) is 1. The molecule has 0 saturated carbocycles. The summed E-state index contributed by atoms with van der Waals surface area (Å²) in [6, 6.07) is 10.3. The third-order valence-electron chi connectivity index (χ3n) is 3.00. The van der Waals surface area contributed by atoms with Crippen molar-refractivity contribution in [3.05, 3.63) is 35.9 Å². The number of nitrogens with one attached hydrogen (secondary N) is 1. The van der Waals surface area contributed by atoms with Gasteiger partial charge in [-0.3, -0.25) is 0 Å². The Balaban J connectivity index is 2.29. The molecule has 0 amide bonds. The number of ether oxygens (including phenoxy) is 1. The van der Waals surface area contributed by atoms with Gasteiger partial charge in [-0.25, -0.2) is 4.98 Å². The zero-order chi connectivity index (χ0) is 14.5. The molecule has 2 aromatic rings. The summed E-state index contributed by atoms with van der Waals surface area (Å²) >= 11 is 0. The molecule has 20 heavy (non-hydrogen) atoms. The van der Waals surface area contributed by atoms with E-state index < -0.39 is 0 Å². The monoisotopic (exact) mass is 272 g/mol. The number of pyridine rings is 1. The van der Waals surface area contributed by atoms with E-state index in [1.807, 2.05) is 26.0 Å². The molecule has 3 heteroatoms. The van der Waals surface area contributed by atoms with Crippen LogP contribution in [0.25, 0.3) is 10.9 Å². The third-order valence-corrected chi connectivity index (χ3v) is 3.00. The number of fused-ring (bicyclic) bond motifs is 1. The number of para-hydroxylation sites is 1. The smallest absolute Gasteiger partial charge is 0.214 e. The van der Waals surface area contributed by atoms with E-state index >= 15 is 0 Å². The van der Waals surface area contributed by atoms with Crippen LogP contribution >= 0.6 is 0 Å². The second-order valence-electron chi connectivity index (χ2n) is 5.83. The largest absolute Gasteiger partial charge is 0.475 e. The number of aromatic nitrogens is 1. The highest BCUT2D eigenvalue weighted by Crippen LogP contribution is 2.22. The van der Waals surface area contributed by atoms with Crippen molar-refractivity contribution in [1.82, 2.24) is 10.3 Å². The molecule has 0 fully saturated rings. The zero-order valence-electron chi connectivity index (χ0n) is 12.8. The van der Waals surface area contributed by atoms with Crippen LogP contribution in [0, 0.1) is 5.92 Å². The van der Waals surface area contributed by atoms with Gasteiger partial charge in [-0.05, 0) is 37.9 Å². The van der Waals surface area contributed by atoms with Gasteiger partial charge in [0, 0.05) is 18.0 Å². The number of hydrogen-bond acceptors (Lipinski definition) is 3. The minimum absolute atomic E-state index is 0.139. The summed E-state index contributed by atoms with van der Waals surface area (Å²) in [5.41, 5.74) is 2.24. The maximum absolute atomic E-state index is 5.75. The molecule has 0 atom stereocenters. The van der Waals surface area contributed by atoms with E-state index in [1.54, 1.807) is 0 Å². The first-order chi connectivity index (χ1) is 9.56. The van der Waals surface area contributed by atoms with Crippen LogP contribution in [0.15, 0.2) is 30.3 Å². The summed E-state index contributed by atoms with van der Waals surface area (Å²) in [7, 11) is 0. The van der Waals surface area contributed by atoms with Crippen molar-refractivity contribution in [2.75, 3.05) is 6.54 Å². The van der Waals surface area contributed by atoms with Gasteiger partial charge in [0.1, 0.15) is 0 Å². The molecule has 1 heterocycles. The molecule has 1 aromatic heterocycles. The van der Waals surface area contributed by atoms with Crippen molar-refractivity contribution in [2.45, 2.75) is 40.3 Å². The first kappa shape index (κ1) is 14.8. The van der Waals surface area contributed by atoms with Gasteiger partial charge in [0.05, 0.1) is 11.6 Å². The van der Waals surface area contributed by atoms with Gasteiger partial charge in [0.15, 0.2) is 0 Å². The van der Waals surface area contributed by atoms with Crippen LogP contribution in [-0.4, -0.2) is 17.6 Å². The Labute approximate surface area is 121 Å². The maximum atomic E-state index is 5.75. The molecule has 0 radical (unpaired) electrons. The molecule has 108 valence electrons. The minimum atomic E-state index is 0.139. The van der Waals surface area contributed by atoms with Gasteiger partial charge in [0.2, 0.25) is 5.88 Å². The molecule has 2 rings (SSSR count). The standard InChI is InChI=1S/C17H24N2O/c1-12(2)10-18-11-14-9-17(20-13(3)4)19-16-8-6-5-7-15(14)16/h5-9,12-13,18H,10-11H2,1-4H3. The zero-order valence-corrected chi connectivity index (χ0v) is 12.8. The maximum Gasteiger partial charge on any atom is 0.214 e. The van der Waals surface area contributed by atoms with E-state index in [0.717, 1.165) is 18.6 Å². The van der Waals surface area contributed by atoms with E-state index in [9.17, 15) is 0 Å². The summed E-state index contributed by atoms with van der Waals surface area (Å²) in [5, 5.41) is 4.68. The lowest BCUT2D eigenvalue weighted by Gasteiger charge is -2.14. The van der Waals surface area contributed by atoms with Gasteiger partial charge < -0.3 is 10.1 Å². The van der Waals surface area contributed by atoms with Gasteiger partial charge in [-0.1, -0.05) is 32.0 Å². The Morgan fingerprint density at radius 2 is 1.90 bits per heavy atom. The van der Waals surface area contributed by atoms with Gasteiger partial charge in [-0.2, -0.15) is 0 Å². The molecule has 3 nitrogen and oxygen atoms in total. The summed E-state index contributed by atoms with van der Waals surface area (Å²) in [6.07, 6.45) is 0.139. The van der Waals surface area contributed by atoms with Gasteiger partial charge in [0.25, 0.3) is 0 Å². The van der Waals surface area contributed by atoms with Crippen LogP contribution in [0.4, 0.5) is 0 Å². The van der Waals surface area contributed by atoms with Crippen molar-refractivity contribution in [3.63, 3.8) is 0 Å².